The minimum Gasteiger partial charge on any atom is -0.395 e. The summed E-state index contributed by atoms with van der Waals surface area (Å²) >= 11 is 0. The zero-order valence-corrected chi connectivity index (χ0v) is 7.21. The van der Waals surface area contributed by atoms with E-state index in [0.29, 0.717) is 12.1 Å². The zero-order chi connectivity index (χ0) is 8.43. The van der Waals surface area contributed by atoms with Crippen LogP contribution in [0.2, 0.25) is 0 Å². The molecule has 2 amide bonds. The molecule has 1 saturated heterocycles. The van der Waals surface area contributed by atoms with Gasteiger partial charge >= 0.3 is 6.03 Å². The summed E-state index contributed by atoms with van der Waals surface area (Å²) in [5.41, 5.74) is 0. The number of quaternary nitrogens is 1. The predicted octanol–water partition coefficient (Wildman–Crippen LogP) is 0.334. The number of primary amides is 1. The number of carbonyl (C=O) groups excluding carboxylic acids is 1. The molecule has 3 nitrogen and oxygen atoms in total. The highest BCUT2D eigenvalue weighted by Crippen LogP contribution is 2.22. The predicted molar refractivity (Wildman–Crippen MR) is 42.7 cm³/mol. The van der Waals surface area contributed by atoms with Crippen molar-refractivity contribution >= 4 is 6.03 Å². The van der Waals surface area contributed by atoms with Crippen LogP contribution >= 0.6 is 0 Å². The molecule has 1 rings (SSSR count). The van der Waals surface area contributed by atoms with Crippen molar-refractivity contribution in [3.05, 3.63) is 7.05 Å². The Hall–Kier alpha value is -0.570. The molecule has 0 spiro atoms. The van der Waals surface area contributed by atoms with Crippen LogP contribution in [0, 0.1) is 7.05 Å². The lowest BCUT2D eigenvalue weighted by Crippen LogP contribution is -2.85. The summed E-state index contributed by atoms with van der Waals surface area (Å²) in [6.07, 6.45) is 2.25. The Morgan fingerprint density at radius 1 is 1.45 bits per heavy atom. The molecule has 0 saturated carbocycles. The molecule has 1 heterocycles. The molecule has 0 aliphatic carbocycles. The van der Waals surface area contributed by atoms with E-state index in [9.17, 15) is 4.79 Å². The molecule has 1 aliphatic heterocycles. The van der Waals surface area contributed by atoms with Crippen molar-refractivity contribution < 1.29 is 10.1 Å². The first kappa shape index (κ1) is 8.53. The van der Waals surface area contributed by atoms with Crippen LogP contribution in [0.25, 0.3) is 0 Å². The highest BCUT2D eigenvalue weighted by Gasteiger charge is 2.31. The van der Waals surface area contributed by atoms with Gasteiger partial charge in [-0.2, -0.15) is 0 Å². The van der Waals surface area contributed by atoms with Crippen LogP contribution in [-0.4, -0.2) is 23.0 Å². The van der Waals surface area contributed by atoms with Crippen LogP contribution in [0.3, 0.4) is 0 Å². The van der Waals surface area contributed by atoms with Gasteiger partial charge in [-0.25, -0.2) is 4.79 Å². The van der Waals surface area contributed by atoms with Gasteiger partial charge in [0.05, 0.1) is 0 Å². The Bertz CT molecular complexity index is 148. The lowest BCUT2D eigenvalue weighted by Gasteiger charge is -2.23. The second kappa shape index (κ2) is 3.22. The van der Waals surface area contributed by atoms with E-state index in [1.807, 2.05) is 4.90 Å². The molecule has 11 heavy (non-hydrogen) atoms. The fourth-order valence-corrected chi connectivity index (χ4v) is 1.73. The zero-order valence-electron chi connectivity index (χ0n) is 7.21. The van der Waals surface area contributed by atoms with E-state index in [1.165, 1.54) is 5.32 Å². The average molecular weight is 156 g/mol. The summed E-state index contributed by atoms with van der Waals surface area (Å²) in [7, 11) is 3.48. The maximum absolute atomic E-state index is 11.2. The van der Waals surface area contributed by atoms with Gasteiger partial charge in [-0.05, 0) is 26.7 Å². The summed E-state index contributed by atoms with van der Waals surface area (Å²) in [6.45, 7) is 4.18. The number of rotatable bonds is 0. The lowest BCUT2D eigenvalue weighted by atomic mass is 10.2. The van der Waals surface area contributed by atoms with E-state index in [0.717, 1.165) is 12.8 Å². The summed E-state index contributed by atoms with van der Waals surface area (Å²) in [6, 6.07) is 0.869. The van der Waals surface area contributed by atoms with E-state index >= 15 is 0 Å². The molecule has 3 heteroatoms. The summed E-state index contributed by atoms with van der Waals surface area (Å²) in [4.78, 5) is 13.2. The Kier molecular flexibility index (Phi) is 2.49. The largest absolute Gasteiger partial charge is 0.395 e. The summed E-state index contributed by atoms with van der Waals surface area (Å²) in [5, 5.41) is 1.40. The fraction of sp³-hybridized carbons (Fsp3) is 0.750. The fourth-order valence-electron chi connectivity index (χ4n) is 1.73. The van der Waals surface area contributed by atoms with Crippen molar-refractivity contribution in [2.24, 2.45) is 0 Å². The number of likely N-dealkylation sites (tertiary alicyclic amines) is 1. The van der Waals surface area contributed by atoms with Crippen LogP contribution < -0.4 is 5.32 Å². The van der Waals surface area contributed by atoms with Crippen LogP contribution in [0.15, 0.2) is 0 Å². The normalized spacial score (nSPS) is 31.0. The number of carbonyl (C=O) groups is 1. The van der Waals surface area contributed by atoms with Gasteiger partial charge < -0.3 is 5.32 Å². The molecular weight excluding hydrogens is 140 g/mol. The van der Waals surface area contributed by atoms with Crippen LogP contribution in [0.1, 0.15) is 26.7 Å². The highest BCUT2D eigenvalue weighted by atomic mass is 16.2. The number of nitrogens with zero attached hydrogens (tertiary/aromatic N) is 1. The van der Waals surface area contributed by atoms with Gasteiger partial charge in [0.15, 0.2) is 0 Å². The third-order valence-electron chi connectivity index (χ3n) is 2.38. The molecule has 0 aromatic heterocycles. The molecule has 64 valence electrons. The maximum Gasteiger partial charge on any atom is 0.390 e. The molecule has 0 bridgehead atoms. The van der Waals surface area contributed by atoms with Crippen LogP contribution in [-0.2, 0) is 0 Å². The third-order valence-corrected chi connectivity index (χ3v) is 2.38. The topological polar surface area (TPSA) is 36.9 Å². The van der Waals surface area contributed by atoms with E-state index in [4.69, 9.17) is 0 Å². The Morgan fingerprint density at radius 2 is 1.91 bits per heavy atom. The molecule has 0 radical (unpaired) electrons. The van der Waals surface area contributed by atoms with Gasteiger partial charge in [0.1, 0.15) is 0 Å². The molecule has 0 aromatic carbocycles. The van der Waals surface area contributed by atoms with Crippen molar-refractivity contribution in [3.63, 3.8) is 0 Å². The lowest BCUT2D eigenvalue weighted by molar-refractivity contribution is -0.499. The van der Waals surface area contributed by atoms with Crippen LogP contribution in [0.5, 0.6) is 0 Å². The number of urea groups is 1. The SMILES string of the molecule is [CH2-][NH2+]C(=O)N1C(C)CCC1C. The van der Waals surface area contributed by atoms with Crippen molar-refractivity contribution in [2.45, 2.75) is 38.8 Å². The molecule has 2 N–H and O–H groups in total. The molecule has 0 aromatic rings. The van der Waals surface area contributed by atoms with Crippen molar-refractivity contribution in [1.82, 2.24) is 4.90 Å². The van der Waals surface area contributed by atoms with E-state index in [2.05, 4.69) is 20.9 Å². The minimum atomic E-state index is 0.0718. The highest BCUT2D eigenvalue weighted by molar-refractivity contribution is 5.64. The number of hydrogen-bond donors (Lipinski definition) is 1. The third kappa shape index (κ3) is 1.53. The molecule has 1 fully saturated rings. The second-order valence-corrected chi connectivity index (χ2v) is 3.23. The summed E-state index contributed by atoms with van der Waals surface area (Å²) < 4.78 is 0. The standard InChI is InChI=1S/C8H16N2O/c1-6-4-5-7(2)10(6)8(11)9-3/h6-7H,3-5,9H2,1-2H3. The number of nitrogens with two attached hydrogens (primary N) is 1. The van der Waals surface area contributed by atoms with Gasteiger partial charge in [-0.15, -0.1) is 7.05 Å². The minimum absolute atomic E-state index is 0.0718. The first-order chi connectivity index (χ1) is 5.16. The van der Waals surface area contributed by atoms with Gasteiger partial charge in [0.2, 0.25) is 0 Å². The summed E-state index contributed by atoms with van der Waals surface area (Å²) in [5.74, 6) is 0. The van der Waals surface area contributed by atoms with Gasteiger partial charge in [0.25, 0.3) is 0 Å². The monoisotopic (exact) mass is 156 g/mol. The molecule has 2 unspecified atom stereocenters. The van der Waals surface area contributed by atoms with E-state index in [-0.39, 0.29) is 6.03 Å². The molecule has 1 aliphatic rings. The average Bonchev–Trinajstić information content (AvgIpc) is 2.30. The van der Waals surface area contributed by atoms with E-state index in [1.54, 1.807) is 0 Å². The first-order valence-corrected chi connectivity index (χ1v) is 4.11. The Balaban J connectivity index is 2.60. The van der Waals surface area contributed by atoms with Crippen molar-refractivity contribution in [2.75, 3.05) is 0 Å². The van der Waals surface area contributed by atoms with Crippen molar-refractivity contribution in [1.29, 1.82) is 0 Å². The van der Waals surface area contributed by atoms with Crippen molar-refractivity contribution in [3.8, 4) is 0 Å². The molecule has 2 atom stereocenters. The Morgan fingerprint density at radius 3 is 2.27 bits per heavy atom. The molecular formula is C8H16N2O. The van der Waals surface area contributed by atoms with Crippen LogP contribution in [0.4, 0.5) is 4.79 Å². The maximum atomic E-state index is 11.2. The smallest absolute Gasteiger partial charge is 0.390 e. The van der Waals surface area contributed by atoms with Gasteiger partial charge in [0, 0.05) is 12.1 Å². The number of amides is 2. The van der Waals surface area contributed by atoms with Gasteiger partial charge in [-0.3, -0.25) is 4.90 Å². The first-order valence-electron chi connectivity index (χ1n) is 4.11. The van der Waals surface area contributed by atoms with E-state index < -0.39 is 0 Å². The second-order valence-electron chi connectivity index (χ2n) is 3.23. The Labute approximate surface area is 67.8 Å². The number of hydrogen-bond acceptors (Lipinski definition) is 1. The quantitative estimate of drug-likeness (QED) is 0.504. The van der Waals surface area contributed by atoms with Gasteiger partial charge in [-0.1, -0.05) is 0 Å².